The number of thiazole rings is 1. The lowest BCUT2D eigenvalue weighted by Crippen LogP contribution is -2.34. The van der Waals surface area contributed by atoms with E-state index >= 15 is 0 Å². The zero-order valence-corrected chi connectivity index (χ0v) is 19.1. The topological polar surface area (TPSA) is 71.5 Å². The second-order valence-corrected chi connectivity index (χ2v) is 8.56. The van der Waals surface area contributed by atoms with E-state index in [0.717, 1.165) is 17.1 Å². The number of hydrogen-bond acceptors (Lipinski definition) is 5. The minimum atomic E-state index is -0.212. The van der Waals surface area contributed by atoms with Crippen molar-refractivity contribution >= 4 is 40.4 Å². The first-order chi connectivity index (χ1) is 13.7. The van der Waals surface area contributed by atoms with Gasteiger partial charge in [-0.3, -0.25) is 9.59 Å². The molecule has 1 heterocycles. The van der Waals surface area contributed by atoms with E-state index in [1.165, 1.54) is 11.3 Å². The molecule has 0 radical (unpaired) electrons. The van der Waals surface area contributed by atoms with Crippen LogP contribution >= 0.6 is 22.9 Å². The van der Waals surface area contributed by atoms with Crippen molar-refractivity contribution in [2.75, 3.05) is 25.0 Å². The Kier molecular flexibility index (Phi) is 8.46. The lowest BCUT2D eigenvalue weighted by atomic mass is 10.1. The highest BCUT2D eigenvalue weighted by Gasteiger charge is 2.17. The summed E-state index contributed by atoms with van der Waals surface area (Å²) < 4.78 is 5.54. The number of amides is 2. The minimum absolute atomic E-state index is 0.0776. The Labute approximate surface area is 181 Å². The van der Waals surface area contributed by atoms with Crippen LogP contribution in [0.2, 0.25) is 5.02 Å². The third-order valence-electron chi connectivity index (χ3n) is 4.29. The number of aromatic nitrogens is 1. The molecule has 1 aromatic heterocycles. The van der Waals surface area contributed by atoms with E-state index in [4.69, 9.17) is 16.3 Å². The highest BCUT2D eigenvalue weighted by atomic mass is 35.5. The molecule has 0 aliphatic rings. The van der Waals surface area contributed by atoms with Crippen LogP contribution in [-0.4, -0.2) is 41.4 Å². The van der Waals surface area contributed by atoms with Crippen molar-refractivity contribution < 1.29 is 14.3 Å². The van der Waals surface area contributed by atoms with E-state index in [9.17, 15) is 9.59 Å². The van der Waals surface area contributed by atoms with Gasteiger partial charge in [-0.2, -0.15) is 0 Å². The molecule has 0 saturated heterocycles. The number of rotatable bonds is 9. The normalized spacial score (nSPS) is 10.9. The predicted octanol–water partition coefficient (Wildman–Crippen LogP) is 4.80. The largest absolute Gasteiger partial charge is 0.482 e. The van der Waals surface area contributed by atoms with Gasteiger partial charge in [0.2, 0.25) is 0 Å². The summed E-state index contributed by atoms with van der Waals surface area (Å²) in [6.45, 7) is 11.1. The summed E-state index contributed by atoms with van der Waals surface area (Å²) in [6.07, 6.45) is 0.850. The molecule has 0 fully saturated rings. The van der Waals surface area contributed by atoms with Crippen molar-refractivity contribution in [1.82, 2.24) is 9.88 Å². The molecule has 1 N–H and O–H groups in total. The maximum absolute atomic E-state index is 12.6. The van der Waals surface area contributed by atoms with Gasteiger partial charge in [0, 0.05) is 25.2 Å². The number of ether oxygens (including phenoxy) is 1. The number of anilines is 1. The molecule has 2 rings (SSSR count). The monoisotopic (exact) mass is 437 g/mol. The molecule has 0 aliphatic carbocycles. The van der Waals surface area contributed by atoms with Crippen molar-refractivity contribution in [1.29, 1.82) is 0 Å². The van der Waals surface area contributed by atoms with Crippen molar-refractivity contribution in [3.05, 3.63) is 38.8 Å². The average molecular weight is 438 g/mol. The Balaban J connectivity index is 2.02. The van der Waals surface area contributed by atoms with E-state index in [1.54, 1.807) is 23.1 Å². The average Bonchev–Trinajstić information content (AvgIpc) is 3.01. The molecule has 29 heavy (non-hydrogen) atoms. The number of hydrogen-bond donors (Lipinski definition) is 1. The van der Waals surface area contributed by atoms with Gasteiger partial charge in [-0.15, -0.1) is 11.3 Å². The summed E-state index contributed by atoms with van der Waals surface area (Å²) in [5, 5.41) is 4.14. The van der Waals surface area contributed by atoms with Crippen molar-refractivity contribution in [2.24, 2.45) is 5.92 Å². The number of halogens is 1. The Morgan fingerprint density at radius 2 is 1.97 bits per heavy atom. The molecule has 0 spiro atoms. The van der Waals surface area contributed by atoms with Crippen LogP contribution in [0.4, 0.5) is 5.69 Å². The Bertz CT molecular complexity index is 863. The number of likely N-dealkylation sites (N-methyl/N-ethyl adjacent to an activating group) is 1. The molecular formula is C21H28ClN3O3S. The van der Waals surface area contributed by atoms with Crippen LogP contribution in [0.25, 0.3) is 0 Å². The first kappa shape index (κ1) is 23.2. The highest BCUT2D eigenvalue weighted by molar-refractivity contribution is 7.13. The number of carbonyl (C=O) groups is 2. The SMILES string of the molecule is CCN(CC)C(=O)COc1ccc(NC(=O)c2sc(CC(C)C)nc2C)cc1Cl. The highest BCUT2D eigenvalue weighted by Crippen LogP contribution is 2.29. The van der Waals surface area contributed by atoms with Gasteiger partial charge in [0.25, 0.3) is 11.8 Å². The lowest BCUT2D eigenvalue weighted by molar-refractivity contribution is -0.132. The number of benzene rings is 1. The van der Waals surface area contributed by atoms with Crippen molar-refractivity contribution in [2.45, 2.75) is 41.0 Å². The summed E-state index contributed by atoms with van der Waals surface area (Å²) in [5.41, 5.74) is 1.28. The zero-order valence-electron chi connectivity index (χ0n) is 17.5. The van der Waals surface area contributed by atoms with Crippen LogP contribution in [0, 0.1) is 12.8 Å². The summed E-state index contributed by atoms with van der Waals surface area (Å²) >= 11 is 7.69. The fraction of sp³-hybridized carbons (Fsp3) is 0.476. The maximum Gasteiger partial charge on any atom is 0.267 e. The molecule has 0 aliphatic heterocycles. The van der Waals surface area contributed by atoms with Gasteiger partial charge in [-0.05, 0) is 44.9 Å². The van der Waals surface area contributed by atoms with Crippen LogP contribution < -0.4 is 10.1 Å². The number of carbonyl (C=O) groups excluding carboxylic acids is 2. The van der Waals surface area contributed by atoms with Crippen LogP contribution in [0.1, 0.15) is 48.1 Å². The molecule has 8 heteroatoms. The summed E-state index contributed by atoms with van der Waals surface area (Å²) in [6, 6.07) is 4.96. The van der Waals surface area contributed by atoms with E-state index in [2.05, 4.69) is 24.1 Å². The molecule has 0 saturated carbocycles. The van der Waals surface area contributed by atoms with E-state index in [1.807, 2.05) is 20.8 Å². The molecule has 0 bridgehead atoms. The quantitative estimate of drug-likeness (QED) is 0.611. The van der Waals surface area contributed by atoms with Crippen LogP contribution in [0.3, 0.4) is 0 Å². The van der Waals surface area contributed by atoms with Gasteiger partial charge in [0.15, 0.2) is 6.61 Å². The first-order valence-corrected chi connectivity index (χ1v) is 10.9. The van der Waals surface area contributed by atoms with Crippen LogP contribution in [-0.2, 0) is 11.2 Å². The molecule has 0 unspecified atom stereocenters. The van der Waals surface area contributed by atoms with E-state index in [0.29, 0.717) is 40.3 Å². The second kappa shape index (κ2) is 10.6. The number of aryl methyl sites for hydroxylation is 1. The van der Waals surface area contributed by atoms with Gasteiger partial charge in [0.1, 0.15) is 10.6 Å². The Hall–Kier alpha value is -2.12. The third-order valence-corrected chi connectivity index (χ3v) is 5.76. The Morgan fingerprint density at radius 1 is 1.28 bits per heavy atom. The molecule has 158 valence electrons. The number of nitrogens with one attached hydrogen (secondary N) is 1. The van der Waals surface area contributed by atoms with Gasteiger partial charge in [-0.1, -0.05) is 25.4 Å². The summed E-state index contributed by atoms with van der Waals surface area (Å²) in [7, 11) is 0. The zero-order chi connectivity index (χ0) is 21.6. The summed E-state index contributed by atoms with van der Waals surface area (Å²) in [5.74, 6) is 0.576. The van der Waals surface area contributed by atoms with Crippen LogP contribution in [0.15, 0.2) is 18.2 Å². The first-order valence-electron chi connectivity index (χ1n) is 9.72. The maximum atomic E-state index is 12.6. The van der Waals surface area contributed by atoms with Crippen molar-refractivity contribution in [3.63, 3.8) is 0 Å². The minimum Gasteiger partial charge on any atom is -0.482 e. The van der Waals surface area contributed by atoms with Gasteiger partial charge in [0.05, 0.1) is 15.7 Å². The smallest absolute Gasteiger partial charge is 0.267 e. The fourth-order valence-corrected chi connectivity index (χ4v) is 4.20. The van der Waals surface area contributed by atoms with Crippen molar-refractivity contribution in [3.8, 4) is 5.75 Å². The second-order valence-electron chi connectivity index (χ2n) is 7.07. The summed E-state index contributed by atoms with van der Waals surface area (Å²) in [4.78, 5) is 31.5. The van der Waals surface area contributed by atoms with Crippen LogP contribution in [0.5, 0.6) is 5.75 Å². The Morgan fingerprint density at radius 3 is 2.55 bits per heavy atom. The molecular weight excluding hydrogens is 410 g/mol. The number of nitrogens with zero attached hydrogens (tertiary/aromatic N) is 2. The molecule has 0 atom stereocenters. The van der Waals surface area contributed by atoms with Gasteiger partial charge >= 0.3 is 0 Å². The third kappa shape index (κ3) is 6.44. The van der Waals surface area contributed by atoms with Gasteiger partial charge in [-0.25, -0.2) is 4.98 Å². The van der Waals surface area contributed by atoms with E-state index < -0.39 is 0 Å². The van der Waals surface area contributed by atoms with E-state index in [-0.39, 0.29) is 18.4 Å². The molecule has 1 aromatic carbocycles. The molecule has 2 amide bonds. The van der Waals surface area contributed by atoms with Gasteiger partial charge < -0.3 is 15.0 Å². The standard InChI is InChI=1S/C21H28ClN3O3S/c1-6-25(7-2)19(26)12-28-17-9-8-15(11-16(17)22)24-21(27)20-14(5)23-18(29-20)10-13(3)4/h8-9,11,13H,6-7,10,12H2,1-5H3,(H,24,27). The fourth-order valence-electron chi connectivity index (χ4n) is 2.79. The predicted molar refractivity (Wildman–Crippen MR) is 118 cm³/mol. The molecule has 6 nitrogen and oxygen atoms in total. The molecule has 2 aromatic rings. The lowest BCUT2D eigenvalue weighted by Gasteiger charge is -2.19.